The Morgan fingerprint density at radius 2 is 1.87 bits per heavy atom. The lowest BCUT2D eigenvalue weighted by atomic mass is 10.0. The molecule has 0 spiro atoms. The molecule has 1 aliphatic rings. The van der Waals surface area contributed by atoms with Gasteiger partial charge in [-0.25, -0.2) is 4.98 Å². The van der Waals surface area contributed by atoms with Gasteiger partial charge in [-0.15, -0.1) is 0 Å². The average Bonchev–Trinajstić information content (AvgIpc) is 3.45. The fraction of sp³-hybridized carbons (Fsp3) is 0.464. The van der Waals surface area contributed by atoms with Crippen LogP contribution in [0.25, 0.3) is 10.9 Å². The Bertz CT molecular complexity index is 1390. The van der Waals surface area contributed by atoms with E-state index in [1.54, 1.807) is 20.0 Å². The van der Waals surface area contributed by atoms with Crippen LogP contribution in [0.5, 0.6) is 0 Å². The van der Waals surface area contributed by atoms with Gasteiger partial charge in [0, 0.05) is 30.7 Å². The van der Waals surface area contributed by atoms with Crippen molar-refractivity contribution in [3.63, 3.8) is 0 Å². The molecule has 0 fully saturated rings. The van der Waals surface area contributed by atoms with Crippen molar-refractivity contribution in [3.05, 3.63) is 53.4 Å². The van der Waals surface area contributed by atoms with E-state index in [4.69, 9.17) is 4.42 Å². The molecule has 11 heteroatoms. The number of hydrogen-bond donors (Lipinski definition) is 4. The number of oxazole rings is 1. The van der Waals surface area contributed by atoms with Crippen LogP contribution < -0.4 is 21.3 Å². The molecule has 3 heterocycles. The number of nitrogens with one attached hydrogen (secondary N) is 4. The van der Waals surface area contributed by atoms with E-state index in [0.29, 0.717) is 31.4 Å². The standard InChI is InChI=1S/C28H36N6O5/c1-15(2)22-28-33-23(17(4)39-28)27(38)30-16(3)24(35)29-13-9-8-11-20(26(37)32-22)31-25(36)19-14-34(5)21-12-7-6-10-18(19)21/h6-7,10,12,14-16,20,22H,8-9,11,13H2,1-5H3,(H,29,35)(H,30,38)(H,31,36)(H,32,37)/t16-,20+,22+/m1/s1. The second kappa shape index (κ2) is 11.7. The number of hydrogen-bond acceptors (Lipinski definition) is 6. The van der Waals surface area contributed by atoms with Gasteiger partial charge in [0.15, 0.2) is 5.69 Å². The first kappa shape index (κ1) is 27.9. The molecule has 1 aromatic carbocycles. The average molecular weight is 537 g/mol. The van der Waals surface area contributed by atoms with Crippen molar-refractivity contribution in [1.29, 1.82) is 0 Å². The van der Waals surface area contributed by atoms with Crippen molar-refractivity contribution in [1.82, 2.24) is 30.8 Å². The van der Waals surface area contributed by atoms with Gasteiger partial charge in [0.2, 0.25) is 17.7 Å². The van der Waals surface area contributed by atoms with Crippen LogP contribution in [0, 0.1) is 12.8 Å². The van der Waals surface area contributed by atoms with Crippen molar-refractivity contribution in [2.45, 2.75) is 65.1 Å². The first-order valence-electron chi connectivity index (χ1n) is 13.3. The second-order valence-electron chi connectivity index (χ2n) is 10.4. The molecule has 0 aliphatic carbocycles. The molecule has 2 aromatic heterocycles. The van der Waals surface area contributed by atoms with E-state index < -0.39 is 24.0 Å². The Morgan fingerprint density at radius 3 is 2.62 bits per heavy atom. The predicted molar refractivity (Wildman–Crippen MR) is 145 cm³/mol. The van der Waals surface area contributed by atoms with Crippen LogP contribution in [0.2, 0.25) is 0 Å². The van der Waals surface area contributed by atoms with E-state index in [1.807, 2.05) is 49.7 Å². The molecule has 1 aliphatic heterocycles. The number of para-hydroxylation sites is 1. The minimum atomic E-state index is -0.834. The third-order valence-corrected chi connectivity index (χ3v) is 6.98. The second-order valence-corrected chi connectivity index (χ2v) is 10.4. The SMILES string of the molecule is Cc1oc2nc1C(=O)N[C@H](C)C(=O)NCCCC[C@H](NC(=O)c1cn(C)c3ccccc13)C(=O)N[C@H]2C(C)C. The summed E-state index contributed by atoms with van der Waals surface area (Å²) in [6, 6.07) is 5.35. The van der Waals surface area contributed by atoms with Crippen molar-refractivity contribution in [2.24, 2.45) is 13.0 Å². The first-order valence-corrected chi connectivity index (χ1v) is 13.3. The zero-order chi connectivity index (χ0) is 28.3. The van der Waals surface area contributed by atoms with E-state index in [1.165, 1.54) is 0 Å². The Labute approximate surface area is 227 Å². The summed E-state index contributed by atoms with van der Waals surface area (Å²) in [5.74, 6) is -1.25. The van der Waals surface area contributed by atoms with Gasteiger partial charge < -0.3 is 30.3 Å². The maximum atomic E-state index is 13.6. The molecule has 11 nitrogen and oxygen atoms in total. The van der Waals surface area contributed by atoms with Crippen LogP contribution in [-0.4, -0.2) is 51.8 Å². The van der Waals surface area contributed by atoms with Crippen LogP contribution in [0.4, 0.5) is 0 Å². The smallest absolute Gasteiger partial charge is 0.274 e. The highest BCUT2D eigenvalue weighted by atomic mass is 16.4. The summed E-state index contributed by atoms with van der Waals surface area (Å²) in [6.07, 6.45) is 3.28. The minimum absolute atomic E-state index is 0.0532. The zero-order valence-electron chi connectivity index (χ0n) is 23.0. The van der Waals surface area contributed by atoms with E-state index in [-0.39, 0.29) is 41.0 Å². The molecule has 3 aromatic rings. The third kappa shape index (κ3) is 6.13. The number of fused-ring (bicyclic) bond motifs is 3. The normalized spacial score (nSPS) is 21.4. The van der Waals surface area contributed by atoms with E-state index in [2.05, 4.69) is 26.3 Å². The lowest BCUT2D eigenvalue weighted by molar-refractivity contribution is -0.124. The summed E-state index contributed by atoms with van der Waals surface area (Å²) in [5, 5.41) is 12.1. The van der Waals surface area contributed by atoms with Gasteiger partial charge in [-0.1, -0.05) is 32.0 Å². The van der Waals surface area contributed by atoms with Crippen LogP contribution in [0.3, 0.4) is 0 Å². The molecule has 39 heavy (non-hydrogen) atoms. The number of carbonyl (C=O) groups is 4. The summed E-state index contributed by atoms with van der Waals surface area (Å²) in [5.41, 5.74) is 1.44. The number of rotatable bonds is 3. The maximum absolute atomic E-state index is 13.6. The fourth-order valence-corrected chi connectivity index (χ4v) is 4.72. The molecule has 2 bridgehead atoms. The molecule has 4 N–H and O–H groups in total. The molecular weight excluding hydrogens is 500 g/mol. The van der Waals surface area contributed by atoms with Gasteiger partial charge in [0.1, 0.15) is 23.9 Å². The zero-order valence-corrected chi connectivity index (χ0v) is 23.0. The molecular formula is C28H36N6O5. The maximum Gasteiger partial charge on any atom is 0.274 e. The Hall–Kier alpha value is -4.15. The van der Waals surface area contributed by atoms with E-state index in [9.17, 15) is 19.2 Å². The molecule has 4 amide bonds. The van der Waals surface area contributed by atoms with Crippen molar-refractivity contribution >= 4 is 34.5 Å². The van der Waals surface area contributed by atoms with Crippen molar-refractivity contribution < 1.29 is 23.6 Å². The first-order chi connectivity index (χ1) is 18.6. The van der Waals surface area contributed by atoms with Gasteiger partial charge in [-0.2, -0.15) is 0 Å². The van der Waals surface area contributed by atoms with Gasteiger partial charge in [-0.05, 0) is 45.1 Å². The van der Waals surface area contributed by atoms with Crippen LogP contribution in [0.1, 0.15) is 78.6 Å². The molecule has 3 atom stereocenters. The lowest BCUT2D eigenvalue weighted by Crippen LogP contribution is -2.48. The Kier molecular flexibility index (Phi) is 8.37. The molecule has 0 saturated carbocycles. The fourth-order valence-electron chi connectivity index (χ4n) is 4.72. The lowest BCUT2D eigenvalue weighted by Gasteiger charge is -2.24. The largest absolute Gasteiger partial charge is 0.443 e. The topological polar surface area (TPSA) is 147 Å². The van der Waals surface area contributed by atoms with Gasteiger partial charge in [0.25, 0.3) is 11.8 Å². The van der Waals surface area contributed by atoms with Crippen LogP contribution in [0.15, 0.2) is 34.9 Å². The van der Waals surface area contributed by atoms with Crippen LogP contribution in [-0.2, 0) is 16.6 Å². The summed E-state index contributed by atoms with van der Waals surface area (Å²) < 4.78 is 7.68. The van der Waals surface area contributed by atoms with E-state index in [0.717, 1.165) is 10.9 Å². The summed E-state index contributed by atoms with van der Waals surface area (Å²) in [6.45, 7) is 7.38. The number of aromatic nitrogens is 2. The number of carbonyl (C=O) groups excluding carboxylic acids is 4. The highest BCUT2D eigenvalue weighted by Gasteiger charge is 2.31. The molecule has 208 valence electrons. The Morgan fingerprint density at radius 1 is 1.13 bits per heavy atom. The summed E-state index contributed by atoms with van der Waals surface area (Å²) in [4.78, 5) is 56.6. The van der Waals surface area contributed by atoms with Crippen LogP contribution >= 0.6 is 0 Å². The highest BCUT2D eigenvalue weighted by molar-refractivity contribution is 6.08. The number of amides is 4. The van der Waals surface area contributed by atoms with Crippen molar-refractivity contribution in [2.75, 3.05) is 6.54 Å². The quantitative estimate of drug-likeness (QED) is 0.404. The molecule has 0 saturated heterocycles. The van der Waals surface area contributed by atoms with Gasteiger partial charge in [0.05, 0.1) is 5.56 Å². The molecule has 0 unspecified atom stereocenters. The number of nitrogens with zero attached hydrogens (tertiary/aromatic N) is 2. The monoisotopic (exact) mass is 536 g/mol. The third-order valence-electron chi connectivity index (χ3n) is 6.98. The van der Waals surface area contributed by atoms with Gasteiger partial charge in [-0.3, -0.25) is 19.2 Å². The number of aryl methyl sites for hydroxylation is 2. The Balaban J connectivity index is 1.63. The highest BCUT2D eigenvalue weighted by Crippen LogP contribution is 2.25. The molecule has 4 rings (SSSR count). The minimum Gasteiger partial charge on any atom is -0.443 e. The summed E-state index contributed by atoms with van der Waals surface area (Å²) in [7, 11) is 1.87. The van der Waals surface area contributed by atoms with E-state index >= 15 is 0 Å². The van der Waals surface area contributed by atoms with Gasteiger partial charge >= 0.3 is 0 Å². The predicted octanol–water partition coefficient (Wildman–Crippen LogP) is 2.51. The van der Waals surface area contributed by atoms with Crippen molar-refractivity contribution in [3.8, 4) is 0 Å². The molecule has 0 radical (unpaired) electrons. The summed E-state index contributed by atoms with van der Waals surface area (Å²) >= 11 is 0. The number of benzene rings is 1.